The number of halogens is 1. The summed E-state index contributed by atoms with van der Waals surface area (Å²) < 4.78 is 15.4. The summed E-state index contributed by atoms with van der Waals surface area (Å²) in [6.07, 6.45) is 4.06. The van der Waals surface area contributed by atoms with Gasteiger partial charge in [-0.25, -0.2) is 9.37 Å². The van der Waals surface area contributed by atoms with Gasteiger partial charge in [-0.15, -0.1) is 0 Å². The van der Waals surface area contributed by atoms with Gasteiger partial charge < -0.3 is 14.6 Å². The van der Waals surface area contributed by atoms with Crippen molar-refractivity contribution in [1.82, 2.24) is 14.5 Å². The Labute approximate surface area is 169 Å². The van der Waals surface area contributed by atoms with Gasteiger partial charge in [0.1, 0.15) is 22.9 Å². The number of phenols is 1. The van der Waals surface area contributed by atoms with Crippen molar-refractivity contribution in [1.29, 1.82) is 0 Å². The Morgan fingerprint density at radius 3 is 2.79 bits per heavy atom. The Bertz CT molecular complexity index is 1170. The number of carbonyl (C=O) groups is 1. The van der Waals surface area contributed by atoms with E-state index in [0.29, 0.717) is 23.1 Å². The number of aryl methyl sites for hydroxylation is 3. The number of phenolic OH excluding ortho intramolecular Hbond substituents is 1. The Morgan fingerprint density at radius 2 is 2.07 bits per heavy atom. The van der Waals surface area contributed by atoms with E-state index in [4.69, 9.17) is 0 Å². The molecule has 1 aliphatic rings. The quantitative estimate of drug-likeness (QED) is 0.732. The lowest BCUT2D eigenvalue weighted by atomic mass is 9.98. The molecule has 1 aliphatic carbocycles. The van der Waals surface area contributed by atoms with Gasteiger partial charge >= 0.3 is 0 Å². The predicted octanol–water partition coefficient (Wildman–Crippen LogP) is 4.00. The van der Waals surface area contributed by atoms with Gasteiger partial charge in [0.05, 0.1) is 5.52 Å². The number of hydrogen-bond donors (Lipinski definition) is 1. The van der Waals surface area contributed by atoms with Gasteiger partial charge in [-0.2, -0.15) is 0 Å². The van der Waals surface area contributed by atoms with Crippen LogP contribution in [0.1, 0.15) is 39.3 Å². The second kappa shape index (κ2) is 7.03. The Balaban J connectivity index is 1.82. The van der Waals surface area contributed by atoms with Crippen molar-refractivity contribution in [2.24, 2.45) is 7.05 Å². The van der Waals surface area contributed by atoms with Crippen molar-refractivity contribution in [2.75, 3.05) is 14.1 Å². The standard InChI is InChI=1S/C23H24FN3O2/c1-13-25-21-20(27(13)4)12-19(23(29)26(2)3)18(22(21)28)9-7-14-5-6-15-11-16(24)8-10-17(14)15/h7-8,10-12,28H,5-6,9H2,1-4H3. The van der Waals surface area contributed by atoms with E-state index in [1.54, 1.807) is 26.2 Å². The minimum absolute atomic E-state index is 0.0468. The summed E-state index contributed by atoms with van der Waals surface area (Å²) >= 11 is 0. The average Bonchev–Trinajstić information content (AvgIpc) is 3.21. The molecular formula is C23H24FN3O2. The maximum absolute atomic E-state index is 13.5. The summed E-state index contributed by atoms with van der Waals surface area (Å²) in [4.78, 5) is 18.8. The molecule has 5 nitrogen and oxygen atoms in total. The van der Waals surface area contributed by atoms with Crippen molar-refractivity contribution < 1.29 is 14.3 Å². The van der Waals surface area contributed by atoms with Gasteiger partial charge in [-0.05, 0) is 61.1 Å². The molecule has 1 aromatic heterocycles. The fraction of sp³-hybridized carbons (Fsp3) is 0.304. The highest BCUT2D eigenvalue weighted by Crippen LogP contribution is 2.36. The van der Waals surface area contributed by atoms with Crippen LogP contribution >= 0.6 is 0 Å². The van der Waals surface area contributed by atoms with Crippen LogP contribution in [0.3, 0.4) is 0 Å². The molecule has 150 valence electrons. The summed E-state index contributed by atoms with van der Waals surface area (Å²) in [6, 6.07) is 6.67. The first-order valence-electron chi connectivity index (χ1n) is 9.65. The van der Waals surface area contributed by atoms with Gasteiger partial charge in [-0.1, -0.05) is 12.1 Å². The molecule has 6 heteroatoms. The molecule has 0 unspecified atom stereocenters. The molecule has 0 aliphatic heterocycles. The lowest BCUT2D eigenvalue weighted by molar-refractivity contribution is 0.0826. The number of hydrogen-bond acceptors (Lipinski definition) is 3. The highest BCUT2D eigenvalue weighted by atomic mass is 19.1. The molecule has 3 aromatic rings. The normalized spacial score (nSPS) is 14.6. The van der Waals surface area contributed by atoms with Crippen LogP contribution in [0.2, 0.25) is 0 Å². The second-order valence-electron chi connectivity index (χ2n) is 7.77. The number of nitrogens with zero attached hydrogens (tertiary/aromatic N) is 3. The summed E-state index contributed by atoms with van der Waals surface area (Å²) in [7, 11) is 5.26. The lowest BCUT2D eigenvalue weighted by Crippen LogP contribution is -2.23. The van der Waals surface area contributed by atoms with Gasteiger partial charge in [0.25, 0.3) is 5.91 Å². The molecule has 2 aromatic carbocycles. The average molecular weight is 393 g/mol. The van der Waals surface area contributed by atoms with E-state index in [9.17, 15) is 14.3 Å². The van der Waals surface area contributed by atoms with Gasteiger partial charge in [-0.3, -0.25) is 4.79 Å². The molecule has 0 atom stereocenters. The predicted molar refractivity (Wildman–Crippen MR) is 112 cm³/mol. The van der Waals surface area contributed by atoms with Crippen molar-refractivity contribution in [3.8, 4) is 5.75 Å². The van der Waals surface area contributed by atoms with Crippen molar-refractivity contribution in [3.05, 3.63) is 64.2 Å². The first-order valence-corrected chi connectivity index (χ1v) is 9.65. The molecule has 1 heterocycles. The second-order valence-corrected chi connectivity index (χ2v) is 7.77. The first-order chi connectivity index (χ1) is 13.8. The highest BCUT2D eigenvalue weighted by molar-refractivity contribution is 6.01. The minimum Gasteiger partial charge on any atom is -0.505 e. The van der Waals surface area contributed by atoms with E-state index in [-0.39, 0.29) is 17.5 Å². The van der Waals surface area contributed by atoms with E-state index in [1.807, 2.05) is 30.7 Å². The van der Waals surface area contributed by atoms with Crippen LogP contribution in [0.25, 0.3) is 16.6 Å². The Morgan fingerprint density at radius 1 is 1.31 bits per heavy atom. The molecule has 0 fully saturated rings. The van der Waals surface area contributed by atoms with Gasteiger partial charge in [0.2, 0.25) is 0 Å². The third-order valence-electron chi connectivity index (χ3n) is 5.75. The zero-order valence-corrected chi connectivity index (χ0v) is 17.1. The van der Waals surface area contributed by atoms with E-state index in [1.165, 1.54) is 11.0 Å². The molecule has 0 bridgehead atoms. The van der Waals surface area contributed by atoms with Crippen LogP contribution in [-0.2, 0) is 19.9 Å². The van der Waals surface area contributed by atoms with E-state index < -0.39 is 0 Å². The van der Waals surface area contributed by atoms with E-state index in [2.05, 4.69) is 4.98 Å². The fourth-order valence-corrected chi connectivity index (χ4v) is 4.02. The zero-order valence-electron chi connectivity index (χ0n) is 17.1. The Hall–Kier alpha value is -3.15. The summed E-state index contributed by atoms with van der Waals surface area (Å²) in [5.41, 5.74) is 5.42. The molecular weight excluding hydrogens is 369 g/mol. The zero-order chi connectivity index (χ0) is 20.9. The van der Waals surface area contributed by atoms with Crippen LogP contribution in [0.15, 0.2) is 30.3 Å². The smallest absolute Gasteiger partial charge is 0.253 e. The maximum atomic E-state index is 13.5. The van der Waals surface area contributed by atoms with Crippen LogP contribution in [0, 0.1) is 12.7 Å². The van der Waals surface area contributed by atoms with Crippen molar-refractivity contribution in [3.63, 3.8) is 0 Å². The number of aromatic nitrogens is 2. The monoisotopic (exact) mass is 393 g/mol. The molecule has 0 saturated carbocycles. The van der Waals surface area contributed by atoms with Crippen LogP contribution in [0.5, 0.6) is 5.75 Å². The van der Waals surface area contributed by atoms with Crippen LogP contribution < -0.4 is 0 Å². The first kappa shape index (κ1) is 19.2. The third kappa shape index (κ3) is 3.18. The maximum Gasteiger partial charge on any atom is 0.253 e. The number of aromatic hydroxyl groups is 1. The molecule has 1 amide bonds. The molecule has 1 N–H and O–H groups in total. The van der Waals surface area contributed by atoms with E-state index >= 15 is 0 Å². The highest BCUT2D eigenvalue weighted by Gasteiger charge is 2.23. The number of imidazole rings is 1. The molecule has 4 rings (SSSR count). The van der Waals surface area contributed by atoms with Gasteiger partial charge in [0.15, 0.2) is 0 Å². The number of fused-ring (bicyclic) bond motifs is 2. The topological polar surface area (TPSA) is 58.4 Å². The SMILES string of the molecule is Cc1nc2c(O)c(CC=C3CCc4cc(F)ccc43)c(C(=O)N(C)C)cc2n1C. The molecule has 0 radical (unpaired) electrons. The summed E-state index contributed by atoms with van der Waals surface area (Å²) in [5, 5.41) is 11.0. The number of amides is 1. The van der Waals surface area contributed by atoms with Crippen LogP contribution in [0.4, 0.5) is 4.39 Å². The lowest BCUT2D eigenvalue weighted by Gasteiger charge is -2.16. The number of benzene rings is 2. The van der Waals surface area contributed by atoms with E-state index in [0.717, 1.165) is 40.9 Å². The number of allylic oxidation sites excluding steroid dienone is 2. The van der Waals surface area contributed by atoms with Crippen molar-refractivity contribution >= 4 is 22.5 Å². The number of carbonyl (C=O) groups excluding carboxylic acids is 1. The van der Waals surface area contributed by atoms with Gasteiger partial charge in [0, 0.05) is 32.3 Å². The molecule has 0 spiro atoms. The summed E-state index contributed by atoms with van der Waals surface area (Å²) in [5.74, 6) is 0.423. The molecule has 29 heavy (non-hydrogen) atoms. The van der Waals surface area contributed by atoms with Crippen molar-refractivity contribution in [2.45, 2.75) is 26.2 Å². The number of rotatable bonds is 3. The Kier molecular flexibility index (Phi) is 4.65. The third-order valence-corrected chi connectivity index (χ3v) is 5.75. The molecule has 0 saturated heterocycles. The summed E-state index contributed by atoms with van der Waals surface area (Å²) in [6.45, 7) is 1.86. The minimum atomic E-state index is -0.225. The fourth-order valence-electron chi connectivity index (χ4n) is 4.02. The largest absolute Gasteiger partial charge is 0.505 e. The van der Waals surface area contributed by atoms with Crippen LogP contribution in [-0.4, -0.2) is 39.6 Å².